The Morgan fingerprint density at radius 1 is 1.40 bits per heavy atom. The fraction of sp³-hybridized carbons (Fsp3) is 0.909. The first-order chi connectivity index (χ1) is 7.06. The number of ether oxygens (including phenoxy) is 1. The SMILES string of the molecule is CC(CN)CCC(=O)NCCOC(C)C. The van der Waals surface area contributed by atoms with E-state index in [0.29, 0.717) is 32.0 Å². The molecule has 1 atom stereocenters. The zero-order valence-electron chi connectivity index (χ0n) is 10.1. The Hall–Kier alpha value is -0.610. The number of carbonyl (C=O) groups is 1. The summed E-state index contributed by atoms with van der Waals surface area (Å²) in [5.74, 6) is 0.505. The van der Waals surface area contributed by atoms with Gasteiger partial charge in [0.2, 0.25) is 5.91 Å². The van der Waals surface area contributed by atoms with Crippen molar-refractivity contribution in [2.45, 2.75) is 39.7 Å². The average Bonchev–Trinajstić information content (AvgIpc) is 2.20. The standard InChI is InChI=1S/C11H24N2O2/c1-9(2)15-7-6-13-11(14)5-4-10(3)8-12/h9-10H,4-8,12H2,1-3H3,(H,13,14). The van der Waals surface area contributed by atoms with E-state index in [2.05, 4.69) is 12.2 Å². The van der Waals surface area contributed by atoms with Crippen molar-refractivity contribution in [3.63, 3.8) is 0 Å². The normalized spacial score (nSPS) is 12.9. The van der Waals surface area contributed by atoms with Crippen molar-refractivity contribution in [2.75, 3.05) is 19.7 Å². The van der Waals surface area contributed by atoms with Gasteiger partial charge in [-0.25, -0.2) is 0 Å². The van der Waals surface area contributed by atoms with E-state index in [-0.39, 0.29) is 12.0 Å². The minimum atomic E-state index is 0.0858. The molecule has 0 aliphatic rings. The van der Waals surface area contributed by atoms with Gasteiger partial charge in [0, 0.05) is 13.0 Å². The lowest BCUT2D eigenvalue weighted by molar-refractivity contribution is -0.121. The first kappa shape index (κ1) is 14.4. The molecule has 0 rings (SSSR count). The molecule has 1 unspecified atom stereocenters. The quantitative estimate of drug-likeness (QED) is 0.593. The third-order valence-corrected chi connectivity index (χ3v) is 2.14. The Labute approximate surface area is 92.6 Å². The van der Waals surface area contributed by atoms with E-state index in [4.69, 9.17) is 10.5 Å². The van der Waals surface area contributed by atoms with E-state index < -0.39 is 0 Å². The average molecular weight is 216 g/mol. The molecule has 0 aromatic carbocycles. The molecule has 0 aliphatic heterocycles. The largest absolute Gasteiger partial charge is 0.377 e. The maximum absolute atomic E-state index is 11.3. The molecule has 0 spiro atoms. The van der Waals surface area contributed by atoms with Gasteiger partial charge in [0.05, 0.1) is 12.7 Å². The van der Waals surface area contributed by atoms with Crippen molar-refractivity contribution in [3.05, 3.63) is 0 Å². The Balaban J connectivity index is 3.34. The van der Waals surface area contributed by atoms with Crippen LogP contribution in [0.2, 0.25) is 0 Å². The lowest BCUT2D eigenvalue weighted by atomic mass is 10.1. The maximum atomic E-state index is 11.3. The zero-order valence-corrected chi connectivity index (χ0v) is 10.1. The van der Waals surface area contributed by atoms with E-state index in [1.807, 2.05) is 13.8 Å². The van der Waals surface area contributed by atoms with E-state index >= 15 is 0 Å². The van der Waals surface area contributed by atoms with Gasteiger partial charge in [-0.1, -0.05) is 6.92 Å². The van der Waals surface area contributed by atoms with Crippen LogP contribution < -0.4 is 11.1 Å². The summed E-state index contributed by atoms with van der Waals surface area (Å²) >= 11 is 0. The minimum Gasteiger partial charge on any atom is -0.377 e. The highest BCUT2D eigenvalue weighted by Crippen LogP contribution is 2.02. The van der Waals surface area contributed by atoms with Gasteiger partial charge in [0.1, 0.15) is 0 Å². The van der Waals surface area contributed by atoms with Crippen molar-refractivity contribution >= 4 is 5.91 Å². The summed E-state index contributed by atoms with van der Waals surface area (Å²) in [6, 6.07) is 0. The molecule has 0 heterocycles. The molecular formula is C11H24N2O2. The van der Waals surface area contributed by atoms with E-state index in [0.717, 1.165) is 6.42 Å². The lowest BCUT2D eigenvalue weighted by Crippen LogP contribution is -2.28. The van der Waals surface area contributed by atoms with Crippen LogP contribution in [0.1, 0.15) is 33.6 Å². The molecule has 0 aromatic heterocycles. The first-order valence-electron chi connectivity index (χ1n) is 5.64. The molecule has 0 aliphatic carbocycles. The molecule has 3 N–H and O–H groups in total. The summed E-state index contributed by atoms with van der Waals surface area (Å²) in [7, 11) is 0. The molecule has 90 valence electrons. The first-order valence-corrected chi connectivity index (χ1v) is 5.64. The molecule has 0 radical (unpaired) electrons. The van der Waals surface area contributed by atoms with Gasteiger partial charge in [-0.15, -0.1) is 0 Å². The summed E-state index contributed by atoms with van der Waals surface area (Å²) in [4.78, 5) is 11.3. The zero-order chi connectivity index (χ0) is 11.7. The van der Waals surface area contributed by atoms with Crippen LogP contribution in [0, 0.1) is 5.92 Å². The molecule has 0 bridgehead atoms. The molecular weight excluding hydrogens is 192 g/mol. The fourth-order valence-electron chi connectivity index (χ4n) is 1.07. The smallest absolute Gasteiger partial charge is 0.220 e. The molecule has 0 saturated heterocycles. The third kappa shape index (κ3) is 9.69. The van der Waals surface area contributed by atoms with Crippen LogP contribution in [-0.4, -0.2) is 31.7 Å². The molecule has 15 heavy (non-hydrogen) atoms. The summed E-state index contributed by atoms with van der Waals surface area (Å²) in [6.07, 6.45) is 1.63. The second-order valence-corrected chi connectivity index (χ2v) is 4.15. The molecule has 0 fully saturated rings. The minimum absolute atomic E-state index is 0.0858. The number of amides is 1. The fourth-order valence-corrected chi connectivity index (χ4v) is 1.07. The maximum Gasteiger partial charge on any atom is 0.220 e. The van der Waals surface area contributed by atoms with Crippen LogP contribution in [0.25, 0.3) is 0 Å². The van der Waals surface area contributed by atoms with Crippen molar-refractivity contribution in [1.29, 1.82) is 0 Å². The van der Waals surface area contributed by atoms with Crippen LogP contribution in [0.4, 0.5) is 0 Å². The van der Waals surface area contributed by atoms with Crippen LogP contribution in [-0.2, 0) is 9.53 Å². The highest BCUT2D eigenvalue weighted by molar-refractivity contribution is 5.75. The van der Waals surface area contributed by atoms with Crippen LogP contribution >= 0.6 is 0 Å². The topological polar surface area (TPSA) is 64.4 Å². The lowest BCUT2D eigenvalue weighted by Gasteiger charge is -2.10. The molecule has 4 heteroatoms. The van der Waals surface area contributed by atoms with Crippen LogP contribution in [0.5, 0.6) is 0 Å². The summed E-state index contributed by atoms with van der Waals surface area (Å²) in [6.45, 7) is 7.82. The molecule has 4 nitrogen and oxygen atoms in total. The number of hydrogen-bond donors (Lipinski definition) is 2. The number of rotatable bonds is 8. The van der Waals surface area contributed by atoms with E-state index in [1.165, 1.54) is 0 Å². The van der Waals surface area contributed by atoms with Gasteiger partial charge in [0.15, 0.2) is 0 Å². The Morgan fingerprint density at radius 2 is 2.07 bits per heavy atom. The van der Waals surface area contributed by atoms with Gasteiger partial charge in [0.25, 0.3) is 0 Å². The Morgan fingerprint density at radius 3 is 2.60 bits per heavy atom. The Kier molecular flexibility index (Phi) is 8.33. The van der Waals surface area contributed by atoms with Crippen molar-refractivity contribution in [3.8, 4) is 0 Å². The predicted molar refractivity (Wildman–Crippen MR) is 61.6 cm³/mol. The van der Waals surface area contributed by atoms with E-state index in [9.17, 15) is 4.79 Å². The highest BCUT2D eigenvalue weighted by Gasteiger charge is 2.04. The van der Waals surface area contributed by atoms with Gasteiger partial charge in [-0.2, -0.15) is 0 Å². The van der Waals surface area contributed by atoms with Crippen LogP contribution in [0.3, 0.4) is 0 Å². The number of nitrogens with one attached hydrogen (secondary N) is 1. The number of carbonyl (C=O) groups excluding carboxylic acids is 1. The Bertz CT molecular complexity index is 172. The highest BCUT2D eigenvalue weighted by atomic mass is 16.5. The van der Waals surface area contributed by atoms with Crippen LogP contribution in [0.15, 0.2) is 0 Å². The van der Waals surface area contributed by atoms with Crippen molar-refractivity contribution in [2.24, 2.45) is 11.7 Å². The van der Waals surface area contributed by atoms with Gasteiger partial charge < -0.3 is 15.8 Å². The molecule has 0 saturated carbocycles. The van der Waals surface area contributed by atoms with Gasteiger partial charge >= 0.3 is 0 Å². The predicted octanol–water partition coefficient (Wildman–Crippen LogP) is 0.903. The van der Waals surface area contributed by atoms with Crippen molar-refractivity contribution in [1.82, 2.24) is 5.32 Å². The number of nitrogens with two attached hydrogens (primary N) is 1. The summed E-state index contributed by atoms with van der Waals surface area (Å²) in [5, 5.41) is 2.81. The third-order valence-electron chi connectivity index (χ3n) is 2.14. The van der Waals surface area contributed by atoms with Crippen molar-refractivity contribution < 1.29 is 9.53 Å². The van der Waals surface area contributed by atoms with Gasteiger partial charge in [-0.05, 0) is 32.7 Å². The number of hydrogen-bond acceptors (Lipinski definition) is 3. The van der Waals surface area contributed by atoms with Gasteiger partial charge in [-0.3, -0.25) is 4.79 Å². The summed E-state index contributed by atoms with van der Waals surface area (Å²) < 4.78 is 5.30. The second kappa shape index (κ2) is 8.68. The molecule has 1 amide bonds. The second-order valence-electron chi connectivity index (χ2n) is 4.15. The van der Waals surface area contributed by atoms with E-state index in [1.54, 1.807) is 0 Å². The summed E-state index contributed by atoms with van der Waals surface area (Å²) in [5.41, 5.74) is 5.46. The monoisotopic (exact) mass is 216 g/mol. The molecule has 0 aromatic rings.